The fourth-order valence-corrected chi connectivity index (χ4v) is 1.28. The monoisotopic (exact) mass is 213 g/mol. The standard InChI is InChI=1S/C12H11N3O/c1-9-2-5-12(14-7-9)15-8-11-4-3-10(6-13)16-11/h2-5,7H,8H2,1H3,(H,14,15). The van der Waals surface area contributed by atoms with Gasteiger partial charge in [-0.3, -0.25) is 0 Å². The van der Waals surface area contributed by atoms with Crippen molar-refractivity contribution in [1.82, 2.24) is 4.98 Å². The summed E-state index contributed by atoms with van der Waals surface area (Å²) in [6.45, 7) is 2.51. The molecule has 0 radical (unpaired) electrons. The lowest BCUT2D eigenvalue weighted by atomic mass is 10.3. The van der Waals surface area contributed by atoms with E-state index < -0.39 is 0 Å². The molecule has 0 aliphatic carbocycles. The van der Waals surface area contributed by atoms with Gasteiger partial charge in [-0.2, -0.15) is 5.26 Å². The summed E-state index contributed by atoms with van der Waals surface area (Å²) in [6.07, 6.45) is 1.80. The van der Waals surface area contributed by atoms with Crippen LogP contribution >= 0.6 is 0 Å². The van der Waals surface area contributed by atoms with Crippen LogP contribution in [0, 0.1) is 18.3 Å². The summed E-state index contributed by atoms with van der Waals surface area (Å²) in [5.74, 6) is 1.84. The van der Waals surface area contributed by atoms with E-state index in [4.69, 9.17) is 9.68 Å². The smallest absolute Gasteiger partial charge is 0.203 e. The number of pyridine rings is 1. The number of aromatic nitrogens is 1. The van der Waals surface area contributed by atoms with Crippen LogP contribution in [-0.2, 0) is 6.54 Å². The number of nitrogens with one attached hydrogen (secondary N) is 1. The number of rotatable bonds is 3. The van der Waals surface area contributed by atoms with E-state index in [1.165, 1.54) is 0 Å². The second-order valence-corrected chi connectivity index (χ2v) is 3.45. The number of hydrogen-bond acceptors (Lipinski definition) is 4. The zero-order chi connectivity index (χ0) is 11.4. The van der Waals surface area contributed by atoms with Crippen LogP contribution in [0.15, 0.2) is 34.9 Å². The highest BCUT2D eigenvalue weighted by Gasteiger charge is 2.00. The van der Waals surface area contributed by atoms with Gasteiger partial charge in [0.2, 0.25) is 5.76 Å². The first-order valence-electron chi connectivity index (χ1n) is 4.93. The molecule has 16 heavy (non-hydrogen) atoms. The lowest BCUT2D eigenvalue weighted by Gasteiger charge is -2.02. The van der Waals surface area contributed by atoms with Crippen LogP contribution in [0.3, 0.4) is 0 Å². The summed E-state index contributed by atoms with van der Waals surface area (Å²) >= 11 is 0. The second-order valence-electron chi connectivity index (χ2n) is 3.45. The predicted molar refractivity (Wildman–Crippen MR) is 59.7 cm³/mol. The molecule has 0 amide bonds. The summed E-state index contributed by atoms with van der Waals surface area (Å²) in [5.41, 5.74) is 1.12. The number of nitrogens with zero attached hydrogens (tertiary/aromatic N) is 2. The van der Waals surface area contributed by atoms with E-state index in [-0.39, 0.29) is 0 Å². The molecule has 1 N–H and O–H groups in total. The molecule has 0 aromatic carbocycles. The van der Waals surface area contributed by atoms with Gasteiger partial charge in [-0.1, -0.05) is 6.07 Å². The lowest BCUT2D eigenvalue weighted by molar-refractivity contribution is 0.506. The molecule has 0 unspecified atom stereocenters. The normalized spacial score (nSPS) is 9.75. The van der Waals surface area contributed by atoms with Crippen molar-refractivity contribution in [2.75, 3.05) is 5.32 Å². The Kier molecular flexibility index (Phi) is 2.88. The molecule has 2 rings (SSSR count). The third-order valence-electron chi connectivity index (χ3n) is 2.13. The molecule has 2 aromatic heterocycles. The molecule has 4 heteroatoms. The zero-order valence-electron chi connectivity index (χ0n) is 8.90. The van der Waals surface area contributed by atoms with Gasteiger partial charge >= 0.3 is 0 Å². The van der Waals surface area contributed by atoms with Crippen molar-refractivity contribution in [2.24, 2.45) is 0 Å². The highest BCUT2D eigenvalue weighted by atomic mass is 16.3. The van der Waals surface area contributed by atoms with E-state index in [1.54, 1.807) is 18.3 Å². The minimum absolute atomic E-state index is 0.327. The van der Waals surface area contributed by atoms with Crippen molar-refractivity contribution in [1.29, 1.82) is 5.26 Å². The molecule has 0 aliphatic rings. The van der Waals surface area contributed by atoms with Gasteiger partial charge in [0.1, 0.15) is 17.6 Å². The van der Waals surface area contributed by atoms with Crippen LogP contribution in [0.2, 0.25) is 0 Å². The predicted octanol–water partition coefficient (Wildman–Crippen LogP) is 2.47. The summed E-state index contributed by atoms with van der Waals surface area (Å²) in [5, 5.41) is 11.7. The van der Waals surface area contributed by atoms with Gasteiger partial charge in [0, 0.05) is 6.20 Å². The summed E-state index contributed by atoms with van der Waals surface area (Å²) in [6, 6.07) is 9.26. The molecule has 2 heterocycles. The van der Waals surface area contributed by atoms with Crippen LogP contribution in [-0.4, -0.2) is 4.98 Å². The van der Waals surface area contributed by atoms with Crippen molar-refractivity contribution >= 4 is 5.82 Å². The topological polar surface area (TPSA) is 61.9 Å². The summed E-state index contributed by atoms with van der Waals surface area (Å²) in [4.78, 5) is 4.20. The fourth-order valence-electron chi connectivity index (χ4n) is 1.28. The zero-order valence-corrected chi connectivity index (χ0v) is 8.90. The molecular weight excluding hydrogens is 202 g/mol. The average molecular weight is 213 g/mol. The molecule has 2 aromatic rings. The van der Waals surface area contributed by atoms with E-state index in [2.05, 4.69) is 10.3 Å². The first-order chi connectivity index (χ1) is 7.78. The third-order valence-corrected chi connectivity index (χ3v) is 2.13. The SMILES string of the molecule is Cc1ccc(NCc2ccc(C#N)o2)nc1. The van der Waals surface area contributed by atoms with Crippen molar-refractivity contribution in [3.05, 3.63) is 47.5 Å². The van der Waals surface area contributed by atoms with E-state index >= 15 is 0 Å². The maximum absolute atomic E-state index is 8.59. The van der Waals surface area contributed by atoms with Gasteiger partial charge in [0.05, 0.1) is 6.54 Å². The van der Waals surface area contributed by atoms with Crippen LogP contribution in [0.1, 0.15) is 17.1 Å². The quantitative estimate of drug-likeness (QED) is 0.850. The van der Waals surface area contributed by atoms with Crippen molar-refractivity contribution < 1.29 is 4.42 Å². The molecule has 4 nitrogen and oxygen atoms in total. The number of anilines is 1. The number of furan rings is 1. The lowest BCUT2D eigenvalue weighted by Crippen LogP contribution is -1.99. The van der Waals surface area contributed by atoms with E-state index in [9.17, 15) is 0 Å². The third kappa shape index (κ3) is 2.39. The first-order valence-corrected chi connectivity index (χ1v) is 4.93. The maximum atomic E-state index is 8.59. The number of hydrogen-bond donors (Lipinski definition) is 1. The maximum Gasteiger partial charge on any atom is 0.203 e. The largest absolute Gasteiger partial charge is 0.449 e. The molecule has 0 aliphatic heterocycles. The Labute approximate surface area is 93.5 Å². The Morgan fingerprint density at radius 1 is 1.38 bits per heavy atom. The van der Waals surface area contributed by atoms with E-state index in [0.717, 1.165) is 17.1 Å². The molecule has 0 spiro atoms. The Balaban J connectivity index is 1.97. The minimum Gasteiger partial charge on any atom is -0.449 e. The molecule has 0 fully saturated rings. The fraction of sp³-hybridized carbons (Fsp3) is 0.167. The second kappa shape index (κ2) is 4.49. The van der Waals surface area contributed by atoms with Crippen LogP contribution in [0.5, 0.6) is 0 Å². The van der Waals surface area contributed by atoms with Crippen LogP contribution < -0.4 is 5.32 Å². The van der Waals surface area contributed by atoms with Crippen LogP contribution in [0.4, 0.5) is 5.82 Å². The molecular formula is C12H11N3O. The van der Waals surface area contributed by atoms with Crippen LogP contribution in [0.25, 0.3) is 0 Å². The Bertz CT molecular complexity index is 508. The number of aryl methyl sites for hydroxylation is 1. The number of nitriles is 1. The Morgan fingerprint density at radius 2 is 2.25 bits per heavy atom. The summed E-state index contributed by atoms with van der Waals surface area (Å²) < 4.78 is 5.23. The van der Waals surface area contributed by atoms with Gasteiger partial charge in [0.15, 0.2) is 0 Å². The van der Waals surface area contributed by atoms with E-state index in [1.807, 2.05) is 25.1 Å². The van der Waals surface area contributed by atoms with Crippen molar-refractivity contribution in [3.8, 4) is 6.07 Å². The molecule has 0 bridgehead atoms. The molecule has 0 saturated carbocycles. The van der Waals surface area contributed by atoms with Gasteiger partial charge in [-0.25, -0.2) is 4.98 Å². The molecule has 0 saturated heterocycles. The average Bonchev–Trinajstić information content (AvgIpc) is 2.76. The van der Waals surface area contributed by atoms with Crippen molar-refractivity contribution in [2.45, 2.75) is 13.5 Å². The van der Waals surface area contributed by atoms with Gasteiger partial charge in [0.25, 0.3) is 0 Å². The molecule has 0 atom stereocenters. The highest BCUT2D eigenvalue weighted by Crippen LogP contribution is 2.09. The summed E-state index contributed by atoms with van der Waals surface area (Å²) in [7, 11) is 0. The Morgan fingerprint density at radius 3 is 2.88 bits per heavy atom. The molecule has 80 valence electrons. The van der Waals surface area contributed by atoms with Gasteiger partial charge < -0.3 is 9.73 Å². The first kappa shape index (κ1) is 10.2. The van der Waals surface area contributed by atoms with Gasteiger partial charge in [-0.15, -0.1) is 0 Å². The van der Waals surface area contributed by atoms with Gasteiger partial charge in [-0.05, 0) is 30.7 Å². The Hall–Kier alpha value is -2.28. The highest BCUT2D eigenvalue weighted by molar-refractivity contribution is 5.35. The minimum atomic E-state index is 0.327. The van der Waals surface area contributed by atoms with Crippen molar-refractivity contribution in [3.63, 3.8) is 0 Å². The van der Waals surface area contributed by atoms with E-state index in [0.29, 0.717) is 12.3 Å².